The molecule has 2 aliphatic heterocycles. The molecule has 1 atom stereocenters. The first-order valence-corrected chi connectivity index (χ1v) is 7.47. The van der Waals surface area contributed by atoms with Crippen molar-refractivity contribution < 1.29 is 14.3 Å². The van der Waals surface area contributed by atoms with Crippen LogP contribution in [0.3, 0.4) is 0 Å². The highest BCUT2D eigenvalue weighted by molar-refractivity contribution is 5.69. The van der Waals surface area contributed by atoms with Crippen LogP contribution < -0.4 is 0 Å². The van der Waals surface area contributed by atoms with Crippen molar-refractivity contribution in [2.45, 2.75) is 58.8 Å². The summed E-state index contributed by atoms with van der Waals surface area (Å²) in [4.78, 5) is 18.5. The molecule has 2 aliphatic rings. The molecule has 1 saturated heterocycles. The van der Waals surface area contributed by atoms with Gasteiger partial charge in [-0.2, -0.15) is 0 Å². The average Bonchev–Trinajstić information content (AvgIpc) is 3.01. The maximum atomic E-state index is 12.2. The van der Waals surface area contributed by atoms with Crippen LogP contribution in [0.15, 0.2) is 0 Å². The first-order chi connectivity index (χ1) is 9.85. The molecule has 1 fully saturated rings. The molecule has 1 aromatic rings. The van der Waals surface area contributed by atoms with Gasteiger partial charge in [-0.15, -0.1) is 0 Å². The van der Waals surface area contributed by atoms with E-state index in [1.165, 1.54) is 0 Å². The summed E-state index contributed by atoms with van der Waals surface area (Å²) in [5, 5.41) is 0. The number of aromatic nitrogens is 2. The van der Waals surface area contributed by atoms with Gasteiger partial charge in [0.15, 0.2) is 0 Å². The molecule has 3 rings (SSSR count). The number of carbonyl (C=O) groups excluding carboxylic acids is 1. The number of hydrogen-bond donors (Lipinski definition) is 0. The van der Waals surface area contributed by atoms with E-state index in [1.807, 2.05) is 27.7 Å². The smallest absolute Gasteiger partial charge is 0.410 e. The lowest BCUT2D eigenvalue weighted by molar-refractivity contribution is 0.0236. The van der Waals surface area contributed by atoms with Gasteiger partial charge < -0.3 is 14.0 Å². The molecule has 3 heterocycles. The van der Waals surface area contributed by atoms with Gasteiger partial charge in [-0.3, -0.25) is 4.90 Å². The monoisotopic (exact) mass is 293 g/mol. The second kappa shape index (κ2) is 5.02. The maximum absolute atomic E-state index is 12.2. The van der Waals surface area contributed by atoms with E-state index >= 15 is 0 Å². The molecule has 0 aromatic carbocycles. The Balaban J connectivity index is 1.77. The molecule has 116 valence electrons. The highest BCUT2D eigenvalue weighted by Gasteiger charge is 2.34. The highest BCUT2D eigenvalue weighted by atomic mass is 16.6. The van der Waals surface area contributed by atoms with Crippen molar-refractivity contribution in [3.05, 3.63) is 17.2 Å². The van der Waals surface area contributed by atoms with Gasteiger partial charge in [0, 0.05) is 6.61 Å². The minimum atomic E-state index is -0.470. The maximum Gasteiger partial charge on any atom is 0.410 e. The van der Waals surface area contributed by atoms with Crippen molar-refractivity contribution in [1.82, 2.24) is 14.5 Å². The number of nitrogens with zero attached hydrogens (tertiary/aromatic N) is 3. The first-order valence-electron chi connectivity index (χ1n) is 7.47. The van der Waals surface area contributed by atoms with Crippen LogP contribution in [-0.4, -0.2) is 39.4 Å². The molecule has 6 heteroatoms. The predicted octanol–water partition coefficient (Wildman–Crippen LogP) is 2.40. The zero-order valence-electron chi connectivity index (χ0n) is 13.2. The lowest BCUT2D eigenvalue weighted by Crippen LogP contribution is -2.34. The molecule has 21 heavy (non-hydrogen) atoms. The quantitative estimate of drug-likeness (QED) is 0.798. The fraction of sp³-hybridized carbons (Fsp3) is 0.733. The zero-order chi connectivity index (χ0) is 15.2. The Kier molecular flexibility index (Phi) is 3.43. The van der Waals surface area contributed by atoms with E-state index < -0.39 is 5.60 Å². The largest absolute Gasteiger partial charge is 0.444 e. The summed E-state index contributed by atoms with van der Waals surface area (Å²) < 4.78 is 13.2. The average molecular weight is 293 g/mol. The Bertz CT molecular complexity index is 553. The molecule has 0 radical (unpaired) electrons. The van der Waals surface area contributed by atoms with Gasteiger partial charge in [-0.1, -0.05) is 0 Å². The van der Waals surface area contributed by atoms with Crippen LogP contribution in [-0.2, 0) is 22.6 Å². The third-order valence-corrected chi connectivity index (χ3v) is 3.87. The molecule has 0 aliphatic carbocycles. The summed E-state index contributed by atoms with van der Waals surface area (Å²) in [5.41, 5.74) is 1.65. The van der Waals surface area contributed by atoms with E-state index in [9.17, 15) is 4.79 Å². The summed E-state index contributed by atoms with van der Waals surface area (Å²) in [6.07, 6.45) is 0.739. The van der Waals surface area contributed by atoms with Crippen molar-refractivity contribution in [3.63, 3.8) is 0 Å². The van der Waals surface area contributed by atoms with Crippen LogP contribution in [0.5, 0.6) is 0 Å². The summed E-state index contributed by atoms with van der Waals surface area (Å²) >= 11 is 0. The first kappa shape index (κ1) is 14.4. The summed E-state index contributed by atoms with van der Waals surface area (Å²) in [6.45, 7) is 10.3. The second-order valence-corrected chi connectivity index (χ2v) is 6.78. The number of rotatable bonds is 1. The Labute approximate surface area is 125 Å². The molecular weight excluding hydrogens is 270 g/mol. The van der Waals surface area contributed by atoms with Gasteiger partial charge in [0.2, 0.25) is 0 Å². The highest BCUT2D eigenvalue weighted by Crippen LogP contribution is 2.30. The Morgan fingerprint density at radius 2 is 2.14 bits per heavy atom. The van der Waals surface area contributed by atoms with Gasteiger partial charge in [-0.05, 0) is 34.1 Å². The third kappa shape index (κ3) is 2.77. The van der Waals surface area contributed by atoms with Gasteiger partial charge in [-0.25, -0.2) is 9.78 Å². The summed E-state index contributed by atoms with van der Waals surface area (Å²) in [7, 11) is 0. The van der Waals surface area contributed by atoms with Crippen molar-refractivity contribution in [3.8, 4) is 0 Å². The molecule has 0 N–H and O–H groups in total. The number of imidazole rings is 1. The lowest BCUT2D eigenvalue weighted by atomic mass is 10.2. The van der Waals surface area contributed by atoms with E-state index in [0.717, 1.165) is 36.8 Å². The van der Waals surface area contributed by atoms with E-state index in [-0.39, 0.29) is 6.09 Å². The number of aryl methyl sites for hydroxylation is 1. The molecule has 0 unspecified atom stereocenters. The van der Waals surface area contributed by atoms with Crippen molar-refractivity contribution >= 4 is 6.09 Å². The second-order valence-electron chi connectivity index (χ2n) is 6.78. The van der Waals surface area contributed by atoms with E-state index in [4.69, 9.17) is 9.47 Å². The molecule has 0 bridgehead atoms. The molecule has 0 spiro atoms. The van der Waals surface area contributed by atoms with Gasteiger partial charge >= 0.3 is 6.09 Å². The van der Waals surface area contributed by atoms with E-state index in [2.05, 4.69) is 9.55 Å². The minimum absolute atomic E-state index is 0.271. The Hall–Kier alpha value is -1.56. The molecule has 6 nitrogen and oxygen atoms in total. The number of carbonyl (C=O) groups is 1. The Morgan fingerprint density at radius 3 is 2.76 bits per heavy atom. The number of fused-ring (bicyclic) bond motifs is 1. The molecule has 1 aromatic heterocycles. The number of amides is 1. The summed E-state index contributed by atoms with van der Waals surface area (Å²) in [5.74, 6) is 1.01. The number of ether oxygens (including phenoxy) is 2. The lowest BCUT2D eigenvalue weighted by Gasteiger charge is -2.24. The van der Waals surface area contributed by atoms with Crippen molar-refractivity contribution in [2.24, 2.45) is 0 Å². The fourth-order valence-electron chi connectivity index (χ4n) is 3.03. The van der Waals surface area contributed by atoms with Crippen LogP contribution in [0.4, 0.5) is 4.79 Å². The van der Waals surface area contributed by atoms with E-state index in [0.29, 0.717) is 19.1 Å². The SMILES string of the molecule is Cc1nc2c(n1[C@H]1CCOC1)CN(C(=O)OC(C)(C)C)C2. The van der Waals surface area contributed by atoms with Crippen LogP contribution in [0.25, 0.3) is 0 Å². The zero-order valence-corrected chi connectivity index (χ0v) is 13.2. The molecule has 0 saturated carbocycles. The fourth-order valence-corrected chi connectivity index (χ4v) is 3.03. The van der Waals surface area contributed by atoms with Crippen LogP contribution in [0.2, 0.25) is 0 Å². The topological polar surface area (TPSA) is 56.6 Å². The van der Waals surface area contributed by atoms with Crippen LogP contribution in [0, 0.1) is 6.92 Å². The number of hydrogen-bond acceptors (Lipinski definition) is 4. The minimum Gasteiger partial charge on any atom is -0.444 e. The normalized spacial score (nSPS) is 21.7. The van der Waals surface area contributed by atoms with E-state index in [1.54, 1.807) is 4.90 Å². The van der Waals surface area contributed by atoms with Gasteiger partial charge in [0.1, 0.15) is 11.4 Å². The van der Waals surface area contributed by atoms with Crippen LogP contribution >= 0.6 is 0 Å². The molecular formula is C15H23N3O3. The Morgan fingerprint density at radius 1 is 1.38 bits per heavy atom. The summed E-state index contributed by atoms with van der Waals surface area (Å²) in [6, 6.07) is 0.347. The standard InChI is InChI=1S/C15H23N3O3/c1-10-16-12-7-17(14(19)21-15(2,3)4)8-13(12)18(10)11-5-6-20-9-11/h11H,5-9H2,1-4H3/t11-/m0/s1. The van der Waals surface area contributed by atoms with Crippen molar-refractivity contribution in [1.29, 1.82) is 0 Å². The van der Waals surface area contributed by atoms with Gasteiger partial charge in [0.25, 0.3) is 0 Å². The van der Waals surface area contributed by atoms with Crippen molar-refractivity contribution in [2.75, 3.05) is 13.2 Å². The van der Waals surface area contributed by atoms with Gasteiger partial charge in [0.05, 0.1) is 37.1 Å². The third-order valence-electron chi connectivity index (χ3n) is 3.87. The van der Waals surface area contributed by atoms with Crippen LogP contribution in [0.1, 0.15) is 50.4 Å². The molecule has 1 amide bonds. The predicted molar refractivity (Wildman–Crippen MR) is 76.9 cm³/mol.